The fourth-order valence-electron chi connectivity index (χ4n) is 0.729. The number of pyridine rings is 1. The van der Waals surface area contributed by atoms with Crippen molar-refractivity contribution in [3.05, 3.63) is 29.0 Å². The molecule has 1 nitrogen and oxygen atoms in total. The van der Waals surface area contributed by atoms with Gasteiger partial charge in [-0.25, -0.2) is 0 Å². The molecule has 0 bridgehead atoms. The maximum absolute atomic E-state index is 5.84. The van der Waals surface area contributed by atoms with Gasteiger partial charge in [0.15, 0.2) is 6.20 Å². The fraction of sp³-hybridized carbons (Fsp3) is 0.286. The van der Waals surface area contributed by atoms with Gasteiger partial charge >= 0.3 is 0 Å². The van der Waals surface area contributed by atoms with Crippen molar-refractivity contribution < 1.29 is 4.57 Å². The molecule has 2 heteroatoms. The maximum Gasteiger partial charge on any atom is 0.277 e. The predicted octanol–water partition coefficient (Wildman–Crippen LogP) is 1.47. The Morgan fingerprint density at radius 2 is 2.22 bits per heavy atom. The molecule has 0 aliphatic heterocycles. The molecule has 0 spiro atoms. The summed E-state index contributed by atoms with van der Waals surface area (Å²) in [5.41, 5.74) is 1.11. The summed E-state index contributed by atoms with van der Waals surface area (Å²) in [6, 6.07) is 3.96. The molecule has 0 amide bonds. The highest BCUT2D eigenvalue weighted by molar-refractivity contribution is 6.29. The van der Waals surface area contributed by atoms with Gasteiger partial charge in [-0.1, -0.05) is 0 Å². The average Bonchev–Trinajstić information content (AvgIpc) is 1.83. The van der Waals surface area contributed by atoms with Gasteiger partial charge in [0, 0.05) is 11.6 Å². The molecule has 0 aromatic carbocycles. The zero-order chi connectivity index (χ0) is 6.85. The van der Waals surface area contributed by atoms with E-state index in [9.17, 15) is 0 Å². The minimum atomic E-state index is 0.803. The highest BCUT2D eigenvalue weighted by Gasteiger charge is 2.02. The number of hydrogen-bond donors (Lipinski definition) is 0. The zero-order valence-corrected chi connectivity index (χ0v) is 6.31. The summed E-state index contributed by atoms with van der Waals surface area (Å²) in [4.78, 5) is 0. The third-order valence-electron chi connectivity index (χ3n) is 1.29. The number of aromatic nitrogens is 1. The minimum absolute atomic E-state index is 0.803. The molecule has 0 atom stereocenters. The average molecular weight is 143 g/mol. The summed E-state index contributed by atoms with van der Waals surface area (Å²) in [6.07, 6.45) is 1.93. The fourth-order valence-corrected chi connectivity index (χ4v) is 0.848. The van der Waals surface area contributed by atoms with Crippen LogP contribution in [-0.2, 0) is 7.05 Å². The quantitative estimate of drug-likeness (QED) is 0.382. The van der Waals surface area contributed by atoms with E-state index in [1.807, 2.05) is 36.9 Å². The van der Waals surface area contributed by atoms with E-state index in [2.05, 4.69) is 0 Å². The van der Waals surface area contributed by atoms with E-state index < -0.39 is 0 Å². The summed E-state index contributed by atoms with van der Waals surface area (Å²) in [5.74, 6) is 0. The van der Waals surface area contributed by atoms with Crippen LogP contribution in [0.3, 0.4) is 0 Å². The van der Waals surface area contributed by atoms with Crippen LogP contribution >= 0.6 is 11.6 Å². The molecule has 0 saturated carbocycles. The van der Waals surface area contributed by atoms with Crippen molar-refractivity contribution in [2.45, 2.75) is 6.92 Å². The number of halogens is 1. The molecular formula is C7H9ClN+. The van der Waals surface area contributed by atoms with Gasteiger partial charge in [0.05, 0.1) is 0 Å². The number of nitrogens with zero attached hydrogens (tertiary/aromatic N) is 1. The van der Waals surface area contributed by atoms with Crippen molar-refractivity contribution in [3.63, 3.8) is 0 Å². The maximum atomic E-state index is 5.84. The van der Waals surface area contributed by atoms with Crippen LogP contribution in [0.25, 0.3) is 0 Å². The van der Waals surface area contributed by atoms with Crippen LogP contribution in [0.15, 0.2) is 18.3 Å². The Morgan fingerprint density at radius 1 is 1.56 bits per heavy atom. The first-order valence-electron chi connectivity index (χ1n) is 2.82. The second-order valence-electron chi connectivity index (χ2n) is 2.09. The van der Waals surface area contributed by atoms with Gasteiger partial charge in [0.2, 0.25) is 0 Å². The zero-order valence-electron chi connectivity index (χ0n) is 5.56. The van der Waals surface area contributed by atoms with Crippen molar-refractivity contribution in [2.24, 2.45) is 7.05 Å². The summed E-state index contributed by atoms with van der Waals surface area (Å²) in [5, 5.41) is 0.803. The molecule has 1 rings (SSSR count). The standard InChI is InChI=1S/C7H9ClN/c1-6-4-3-5-9(2)7(6)8/h3-5H,1-2H3/q+1. The number of rotatable bonds is 0. The summed E-state index contributed by atoms with van der Waals surface area (Å²) in [6.45, 7) is 1.99. The van der Waals surface area contributed by atoms with Crippen LogP contribution in [0.1, 0.15) is 5.56 Å². The molecule has 9 heavy (non-hydrogen) atoms. The topological polar surface area (TPSA) is 3.88 Å². The van der Waals surface area contributed by atoms with Crippen molar-refractivity contribution in [3.8, 4) is 0 Å². The van der Waals surface area contributed by atoms with E-state index in [-0.39, 0.29) is 0 Å². The lowest BCUT2D eigenvalue weighted by Gasteiger charge is -1.91. The lowest BCUT2D eigenvalue weighted by molar-refractivity contribution is -0.669. The van der Waals surface area contributed by atoms with Crippen LogP contribution in [0, 0.1) is 6.92 Å². The Labute approximate surface area is 59.9 Å². The highest BCUT2D eigenvalue weighted by Crippen LogP contribution is 2.05. The molecule has 0 aliphatic carbocycles. The smallest absolute Gasteiger partial charge is 0.191 e. The van der Waals surface area contributed by atoms with Gasteiger partial charge in [0.25, 0.3) is 5.15 Å². The van der Waals surface area contributed by atoms with E-state index in [0.29, 0.717) is 0 Å². The molecule has 0 aliphatic rings. The largest absolute Gasteiger partial charge is 0.277 e. The molecule has 0 saturated heterocycles. The van der Waals surface area contributed by atoms with Crippen molar-refractivity contribution in [2.75, 3.05) is 0 Å². The lowest BCUT2D eigenvalue weighted by Crippen LogP contribution is -2.29. The first-order chi connectivity index (χ1) is 4.22. The Morgan fingerprint density at radius 3 is 2.67 bits per heavy atom. The van der Waals surface area contributed by atoms with E-state index >= 15 is 0 Å². The van der Waals surface area contributed by atoms with E-state index in [1.165, 1.54) is 0 Å². The Hall–Kier alpha value is -0.560. The third-order valence-corrected chi connectivity index (χ3v) is 1.86. The summed E-state index contributed by atoms with van der Waals surface area (Å²) in [7, 11) is 1.93. The van der Waals surface area contributed by atoms with Gasteiger partial charge < -0.3 is 0 Å². The molecule has 1 aromatic rings. The lowest BCUT2D eigenvalue weighted by atomic mass is 10.3. The summed E-state index contributed by atoms with van der Waals surface area (Å²) < 4.78 is 1.89. The van der Waals surface area contributed by atoms with Crippen LogP contribution in [0.4, 0.5) is 0 Å². The first-order valence-corrected chi connectivity index (χ1v) is 3.20. The number of aryl methyl sites for hydroxylation is 2. The second kappa shape index (κ2) is 2.36. The van der Waals surface area contributed by atoms with Crippen molar-refractivity contribution >= 4 is 11.6 Å². The van der Waals surface area contributed by atoms with Crippen LogP contribution in [-0.4, -0.2) is 0 Å². The summed E-state index contributed by atoms with van der Waals surface area (Å²) >= 11 is 5.84. The highest BCUT2D eigenvalue weighted by atomic mass is 35.5. The van der Waals surface area contributed by atoms with Gasteiger partial charge in [-0.05, 0) is 24.6 Å². The molecule has 0 unspecified atom stereocenters. The first kappa shape index (κ1) is 6.56. The van der Waals surface area contributed by atoms with E-state index in [0.717, 1.165) is 10.7 Å². The third kappa shape index (κ3) is 1.22. The molecule has 0 radical (unpaired) electrons. The van der Waals surface area contributed by atoms with Crippen molar-refractivity contribution in [1.29, 1.82) is 0 Å². The Bertz CT molecular complexity index is 200. The molecule has 0 N–H and O–H groups in total. The van der Waals surface area contributed by atoms with Crippen LogP contribution in [0.5, 0.6) is 0 Å². The van der Waals surface area contributed by atoms with Gasteiger partial charge in [-0.15, -0.1) is 0 Å². The van der Waals surface area contributed by atoms with E-state index in [4.69, 9.17) is 11.6 Å². The van der Waals surface area contributed by atoms with Gasteiger partial charge in [0.1, 0.15) is 7.05 Å². The monoisotopic (exact) mass is 142 g/mol. The SMILES string of the molecule is Cc1ccc[n+](C)c1Cl. The minimum Gasteiger partial charge on any atom is -0.191 e. The van der Waals surface area contributed by atoms with Crippen molar-refractivity contribution in [1.82, 2.24) is 0 Å². The molecule has 1 heterocycles. The molecule has 48 valence electrons. The molecule has 1 aromatic heterocycles. The second-order valence-corrected chi connectivity index (χ2v) is 2.45. The van der Waals surface area contributed by atoms with E-state index in [1.54, 1.807) is 0 Å². The molecular weight excluding hydrogens is 134 g/mol. The Balaban J connectivity index is 3.25. The Kier molecular flexibility index (Phi) is 1.72. The van der Waals surface area contributed by atoms with Gasteiger partial charge in [-0.2, -0.15) is 4.57 Å². The van der Waals surface area contributed by atoms with Crippen LogP contribution < -0.4 is 4.57 Å². The normalized spacial score (nSPS) is 9.67. The van der Waals surface area contributed by atoms with Gasteiger partial charge in [-0.3, -0.25) is 0 Å². The van der Waals surface area contributed by atoms with Crippen LogP contribution in [0.2, 0.25) is 5.15 Å². The molecule has 0 fully saturated rings. The number of hydrogen-bond acceptors (Lipinski definition) is 0. The predicted molar refractivity (Wildman–Crippen MR) is 37.4 cm³/mol.